The lowest BCUT2D eigenvalue weighted by atomic mass is 9.93. The molecule has 226 valence electrons. The van der Waals surface area contributed by atoms with Crippen LogP contribution in [0.3, 0.4) is 0 Å². The molecule has 3 heterocycles. The van der Waals surface area contributed by atoms with Gasteiger partial charge in [0, 0.05) is 54.3 Å². The van der Waals surface area contributed by atoms with Gasteiger partial charge in [0.1, 0.15) is 11.9 Å². The van der Waals surface area contributed by atoms with Gasteiger partial charge in [-0.1, -0.05) is 23.2 Å². The van der Waals surface area contributed by atoms with E-state index in [1.165, 1.54) is 6.20 Å². The zero-order valence-electron chi connectivity index (χ0n) is 24.0. The van der Waals surface area contributed by atoms with Crippen molar-refractivity contribution in [3.05, 3.63) is 57.9 Å². The summed E-state index contributed by atoms with van der Waals surface area (Å²) in [5.74, 6) is 0.626. The van der Waals surface area contributed by atoms with Crippen LogP contribution < -0.4 is 4.74 Å². The molecular formula is C30H37Cl2FN6O3. The average Bonchev–Trinajstić information content (AvgIpc) is 3.09. The van der Waals surface area contributed by atoms with Gasteiger partial charge in [0.15, 0.2) is 0 Å². The number of pyridine rings is 1. The van der Waals surface area contributed by atoms with Gasteiger partial charge in [-0.15, -0.1) is 0 Å². The molecule has 12 heteroatoms. The van der Waals surface area contributed by atoms with Crippen molar-refractivity contribution in [1.82, 2.24) is 19.7 Å². The fourth-order valence-electron chi connectivity index (χ4n) is 5.26. The van der Waals surface area contributed by atoms with Crippen molar-refractivity contribution in [1.29, 1.82) is 0 Å². The Kier molecular flexibility index (Phi) is 11.3. The van der Waals surface area contributed by atoms with E-state index in [0.717, 1.165) is 37.1 Å². The molecule has 1 aromatic heterocycles. The number of piperidine rings is 1. The second-order valence-corrected chi connectivity index (χ2v) is 11.8. The zero-order valence-corrected chi connectivity index (χ0v) is 25.5. The molecule has 42 heavy (non-hydrogen) atoms. The molecule has 2 aliphatic rings. The predicted octanol–water partition coefficient (Wildman–Crippen LogP) is 5.62. The molecule has 9 nitrogen and oxygen atoms in total. The Balaban J connectivity index is 1.55. The van der Waals surface area contributed by atoms with Crippen LogP contribution in [0.5, 0.6) is 5.88 Å². The highest BCUT2D eigenvalue weighted by Crippen LogP contribution is 2.30. The minimum absolute atomic E-state index is 0.193. The number of alkyl halides is 1. The van der Waals surface area contributed by atoms with Gasteiger partial charge in [-0.25, -0.2) is 19.4 Å². The third-order valence-corrected chi connectivity index (χ3v) is 7.76. The third-order valence-electron chi connectivity index (χ3n) is 7.33. The molecular weight excluding hydrogens is 582 g/mol. The molecule has 0 aliphatic carbocycles. The molecule has 2 aromatic rings. The molecule has 4 rings (SSSR count). The van der Waals surface area contributed by atoms with Crippen molar-refractivity contribution in [2.45, 2.75) is 38.9 Å². The Bertz CT molecular complexity index is 1310. The number of aromatic nitrogens is 1. The highest BCUT2D eigenvalue weighted by atomic mass is 35.5. The molecule has 0 spiro atoms. The van der Waals surface area contributed by atoms with Crippen molar-refractivity contribution in [2.24, 2.45) is 15.9 Å². The second-order valence-electron chi connectivity index (χ2n) is 10.9. The summed E-state index contributed by atoms with van der Waals surface area (Å²) in [6.07, 6.45) is 2.41. The van der Waals surface area contributed by atoms with Crippen LogP contribution in [-0.4, -0.2) is 95.9 Å². The van der Waals surface area contributed by atoms with Crippen LogP contribution >= 0.6 is 23.2 Å². The third kappa shape index (κ3) is 9.49. The Morgan fingerprint density at radius 3 is 2.52 bits per heavy atom. The van der Waals surface area contributed by atoms with E-state index in [-0.39, 0.29) is 18.9 Å². The van der Waals surface area contributed by atoms with Crippen molar-refractivity contribution in [3.63, 3.8) is 0 Å². The summed E-state index contributed by atoms with van der Waals surface area (Å²) < 4.78 is 20.4. The first-order valence-electron chi connectivity index (χ1n) is 14.0. The summed E-state index contributed by atoms with van der Waals surface area (Å²) in [4.78, 5) is 30.3. The van der Waals surface area contributed by atoms with Crippen LogP contribution in [0.1, 0.15) is 31.7 Å². The lowest BCUT2D eigenvalue weighted by Crippen LogP contribution is -2.35. The van der Waals surface area contributed by atoms with Gasteiger partial charge >= 0.3 is 5.97 Å². The number of hydrogen-bond donors (Lipinski definition) is 1. The molecule has 0 amide bonds. The monoisotopic (exact) mass is 618 g/mol. The number of carboxylic acids is 1. The Morgan fingerprint density at radius 1 is 1.14 bits per heavy atom. The van der Waals surface area contributed by atoms with Crippen LogP contribution in [0.2, 0.25) is 10.0 Å². The smallest absolute Gasteiger partial charge is 0.303 e. The van der Waals surface area contributed by atoms with E-state index < -0.39 is 12.1 Å². The number of nitrogens with zero attached hydrogens (tertiary/aromatic N) is 6. The van der Waals surface area contributed by atoms with E-state index in [0.29, 0.717) is 59.5 Å². The van der Waals surface area contributed by atoms with Gasteiger partial charge in [-0.2, -0.15) is 0 Å². The maximum atomic E-state index is 14.3. The Morgan fingerprint density at radius 2 is 1.86 bits per heavy atom. The molecule has 1 aromatic carbocycles. The molecule has 0 saturated carbocycles. The van der Waals surface area contributed by atoms with Gasteiger partial charge in [0.2, 0.25) is 11.8 Å². The van der Waals surface area contributed by atoms with Gasteiger partial charge in [0.05, 0.1) is 18.4 Å². The van der Waals surface area contributed by atoms with E-state index in [4.69, 9.17) is 38.0 Å². The number of likely N-dealkylation sites (tertiary alicyclic amines) is 1. The van der Waals surface area contributed by atoms with Crippen molar-refractivity contribution in [2.75, 3.05) is 46.3 Å². The first kappa shape index (κ1) is 31.9. The first-order valence-corrected chi connectivity index (χ1v) is 14.7. The summed E-state index contributed by atoms with van der Waals surface area (Å²) in [7, 11) is 1.89. The minimum atomic E-state index is -1.01. The van der Waals surface area contributed by atoms with Crippen LogP contribution in [0.4, 0.5) is 4.39 Å². The summed E-state index contributed by atoms with van der Waals surface area (Å²) in [6.45, 7) is 9.49. The summed E-state index contributed by atoms with van der Waals surface area (Å²) in [5, 5.41) is 10.1. The molecule has 0 radical (unpaired) electrons. The first-order chi connectivity index (χ1) is 20.1. The van der Waals surface area contributed by atoms with Crippen LogP contribution in [0.15, 0.2) is 52.3 Å². The van der Waals surface area contributed by atoms with Crippen LogP contribution in [-0.2, 0) is 11.3 Å². The van der Waals surface area contributed by atoms with E-state index in [9.17, 15) is 9.18 Å². The summed E-state index contributed by atoms with van der Waals surface area (Å²) >= 11 is 12.6. The number of benzene rings is 1. The maximum Gasteiger partial charge on any atom is 0.303 e. The van der Waals surface area contributed by atoms with Gasteiger partial charge in [0.25, 0.3) is 0 Å². The topological polar surface area (TPSA) is 93.9 Å². The van der Waals surface area contributed by atoms with Gasteiger partial charge in [-0.05, 0) is 82.4 Å². The van der Waals surface area contributed by atoms with Gasteiger partial charge in [-0.3, -0.25) is 9.69 Å². The number of carboxylic acid groups (broad SMARTS) is 1. The van der Waals surface area contributed by atoms with Gasteiger partial charge < -0.3 is 19.6 Å². The zero-order chi connectivity index (χ0) is 30.2. The van der Waals surface area contributed by atoms with E-state index in [1.54, 1.807) is 30.0 Å². The fraction of sp³-hybridized carbons (Fsp3) is 0.467. The van der Waals surface area contributed by atoms with E-state index in [1.807, 2.05) is 24.1 Å². The molecule has 1 N–H and O–H groups in total. The number of likely N-dealkylation sites (N-methyl/N-ethyl adjacent to an activating group) is 1. The van der Waals surface area contributed by atoms with Crippen molar-refractivity contribution in [3.8, 4) is 17.1 Å². The summed E-state index contributed by atoms with van der Waals surface area (Å²) in [5.41, 5.74) is 2.39. The van der Waals surface area contributed by atoms with E-state index in [2.05, 4.69) is 21.6 Å². The standard InChI is InChI=1S/C30H37Cl2FN6O3/c1-20(16-35-30(34-2)39-9-8-37(3)18-26(33)19-39)42-28-11-22(17-38-6-4-21(5-7-38)12-29(40)41)10-27(36-28)23-13-24(31)15-25(32)14-23/h10-11,13-16,21,26H,2,4-9,12,17-19H2,1,3H3,(H,40,41)/b20-16+,35-30+. The van der Waals surface area contributed by atoms with Crippen LogP contribution in [0.25, 0.3) is 11.3 Å². The number of halogens is 3. The normalized spacial score (nSPS) is 19.9. The Labute approximate surface area is 256 Å². The molecule has 2 aliphatic heterocycles. The molecule has 2 fully saturated rings. The average molecular weight is 620 g/mol. The van der Waals surface area contributed by atoms with Crippen molar-refractivity contribution >= 4 is 41.8 Å². The lowest BCUT2D eigenvalue weighted by Gasteiger charge is -2.31. The number of rotatable bonds is 8. The summed E-state index contributed by atoms with van der Waals surface area (Å²) in [6, 6.07) is 9.13. The number of guanidine groups is 1. The number of ether oxygens (including phenoxy) is 1. The number of aliphatic imine (C=N–C) groups is 2. The number of carbonyl (C=O) groups is 1. The Hall–Kier alpha value is -3.05. The molecule has 1 atom stereocenters. The number of allylic oxidation sites excluding steroid dienone is 1. The maximum absolute atomic E-state index is 14.3. The highest BCUT2D eigenvalue weighted by molar-refractivity contribution is 6.35. The van der Waals surface area contributed by atoms with Crippen molar-refractivity contribution < 1.29 is 19.0 Å². The predicted molar refractivity (Wildman–Crippen MR) is 165 cm³/mol. The van der Waals surface area contributed by atoms with Crippen LogP contribution in [0, 0.1) is 5.92 Å². The lowest BCUT2D eigenvalue weighted by molar-refractivity contribution is -0.138. The molecule has 2 saturated heterocycles. The molecule has 1 unspecified atom stereocenters. The minimum Gasteiger partial charge on any atom is -0.481 e. The fourth-order valence-corrected chi connectivity index (χ4v) is 5.79. The SMILES string of the molecule is C=N/C(=N\C=C(/C)Oc1cc(CN2CCC(CC(=O)O)CC2)cc(-c2cc(Cl)cc(Cl)c2)n1)N1CCN(C)CC(F)C1. The quantitative estimate of drug-likeness (QED) is 0.233. The number of aliphatic carboxylic acids is 1. The molecule has 0 bridgehead atoms. The number of hydrogen-bond acceptors (Lipinski definition) is 6. The second kappa shape index (κ2) is 14.9. The van der Waals surface area contributed by atoms with E-state index >= 15 is 0 Å². The highest BCUT2D eigenvalue weighted by Gasteiger charge is 2.23. The largest absolute Gasteiger partial charge is 0.481 e.